The molecule has 0 spiro atoms. The van der Waals surface area contributed by atoms with Gasteiger partial charge in [0.15, 0.2) is 0 Å². The number of ketones is 1. The number of hydrogen-bond acceptors (Lipinski definition) is 7. The zero-order chi connectivity index (χ0) is 20.5. The second kappa shape index (κ2) is 7.61. The minimum absolute atomic E-state index is 0.0112. The maximum Gasteiger partial charge on any atom is 0.296 e. The first-order valence-electron chi connectivity index (χ1n) is 8.56. The summed E-state index contributed by atoms with van der Waals surface area (Å²) in [5, 5.41) is 25.5. The lowest BCUT2D eigenvalue weighted by Gasteiger charge is -2.23. The molecule has 1 unspecified atom stereocenters. The summed E-state index contributed by atoms with van der Waals surface area (Å²) in [4.78, 5) is 39.1. The summed E-state index contributed by atoms with van der Waals surface area (Å²) in [7, 11) is 0. The number of thiophene rings is 2. The molecule has 0 radical (unpaired) electrons. The molecule has 29 heavy (non-hydrogen) atoms. The Morgan fingerprint density at radius 3 is 2.34 bits per heavy atom. The highest BCUT2D eigenvalue weighted by Crippen LogP contribution is 2.42. The third-order valence-electron chi connectivity index (χ3n) is 4.61. The van der Waals surface area contributed by atoms with E-state index in [0.29, 0.717) is 0 Å². The van der Waals surface area contributed by atoms with Crippen molar-refractivity contribution in [3.05, 3.63) is 90.3 Å². The van der Waals surface area contributed by atoms with Gasteiger partial charge in [0.1, 0.15) is 11.8 Å². The lowest BCUT2D eigenvalue weighted by molar-refractivity contribution is -0.384. The van der Waals surface area contributed by atoms with Gasteiger partial charge in [-0.2, -0.15) is 0 Å². The van der Waals surface area contributed by atoms with Gasteiger partial charge in [0.2, 0.25) is 0 Å². The van der Waals surface area contributed by atoms with Crippen molar-refractivity contribution < 1.29 is 19.6 Å². The summed E-state index contributed by atoms with van der Waals surface area (Å²) in [6.07, 6.45) is 0. The average molecular weight is 426 g/mol. The Balaban J connectivity index is 1.81. The fourth-order valence-electron chi connectivity index (χ4n) is 3.25. The molecule has 1 fully saturated rings. The van der Waals surface area contributed by atoms with Crippen molar-refractivity contribution in [1.29, 1.82) is 0 Å². The van der Waals surface area contributed by atoms with Crippen molar-refractivity contribution in [2.24, 2.45) is 0 Å². The highest BCUT2D eigenvalue weighted by atomic mass is 32.1. The van der Waals surface area contributed by atoms with E-state index in [0.717, 1.165) is 9.75 Å². The predicted octanol–water partition coefficient (Wildman–Crippen LogP) is 4.34. The van der Waals surface area contributed by atoms with Crippen LogP contribution in [0.15, 0.2) is 64.9 Å². The molecular formula is C20H14N2O5S2. The number of carbonyl (C=O) groups is 2. The van der Waals surface area contributed by atoms with Crippen LogP contribution in [-0.4, -0.2) is 26.6 Å². The van der Waals surface area contributed by atoms with Crippen LogP contribution in [-0.2, 0) is 16.1 Å². The van der Waals surface area contributed by atoms with Crippen molar-refractivity contribution in [1.82, 2.24) is 4.90 Å². The van der Waals surface area contributed by atoms with Crippen LogP contribution in [0, 0.1) is 10.1 Å². The first-order valence-corrected chi connectivity index (χ1v) is 10.3. The number of nitro benzene ring substituents is 1. The molecule has 0 saturated carbocycles. The van der Waals surface area contributed by atoms with Crippen molar-refractivity contribution in [3.8, 4) is 0 Å². The van der Waals surface area contributed by atoms with Crippen molar-refractivity contribution >= 4 is 45.8 Å². The number of aliphatic hydroxyl groups excluding tert-OH is 1. The van der Waals surface area contributed by atoms with Crippen LogP contribution in [0.25, 0.3) is 5.76 Å². The Kier molecular flexibility index (Phi) is 4.99. The van der Waals surface area contributed by atoms with Gasteiger partial charge in [-0.3, -0.25) is 19.7 Å². The van der Waals surface area contributed by atoms with Crippen LogP contribution in [0.3, 0.4) is 0 Å². The molecular weight excluding hydrogens is 412 g/mol. The summed E-state index contributed by atoms with van der Waals surface area (Å²) in [5.41, 5.74) is 0.101. The molecule has 3 aromatic rings. The lowest BCUT2D eigenvalue weighted by atomic mass is 9.99. The summed E-state index contributed by atoms with van der Waals surface area (Å²) >= 11 is 2.86. The Morgan fingerprint density at radius 2 is 1.76 bits per heavy atom. The van der Waals surface area contributed by atoms with E-state index in [2.05, 4.69) is 0 Å². The number of rotatable bonds is 5. The SMILES string of the molecule is O=C1C(=O)N(Cc2cccs2)C(c2cccs2)/C1=C(/O)c1ccc([N+](=O)[O-])cc1. The summed E-state index contributed by atoms with van der Waals surface area (Å²) in [6.45, 7) is 0.252. The number of aliphatic hydroxyl groups is 1. The van der Waals surface area contributed by atoms with Gasteiger partial charge in [0.05, 0.1) is 17.0 Å². The molecule has 0 aliphatic carbocycles. The number of nitro groups is 1. The molecule has 1 aliphatic heterocycles. The average Bonchev–Trinajstić information content (AvgIpc) is 3.46. The topological polar surface area (TPSA) is 101 Å². The highest BCUT2D eigenvalue weighted by molar-refractivity contribution is 7.10. The first kappa shape index (κ1) is 19.0. The predicted molar refractivity (Wildman–Crippen MR) is 110 cm³/mol. The third kappa shape index (κ3) is 3.45. The van der Waals surface area contributed by atoms with Crippen LogP contribution in [0.2, 0.25) is 0 Å². The molecule has 1 saturated heterocycles. The van der Waals surface area contributed by atoms with E-state index in [1.54, 1.807) is 0 Å². The molecule has 146 valence electrons. The Hall–Kier alpha value is -3.30. The second-order valence-electron chi connectivity index (χ2n) is 6.33. The van der Waals surface area contributed by atoms with Gasteiger partial charge in [-0.25, -0.2) is 0 Å². The van der Waals surface area contributed by atoms with E-state index < -0.39 is 22.7 Å². The van der Waals surface area contributed by atoms with Crippen LogP contribution < -0.4 is 0 Å². The van der Waals surface area contributed by atoms with E-state index >= 15 is 0 Å². The fourth-order valence-corrected chi connectivity index (χ4v) is 4.80. The third-order valence-corrected chi connectivity index (χ3v) is 6.40. The second-order valence-corrected chi connectivity index (χ2v) is 8.34. The van der Waals surface area contributed by atoms with Crippen LogP contribution in [0.5, 0.6) is 0 Å². The van der Waals surface area contributed by atoms with E-state index in [1.165, 1.54) is 51.8 Å². The van der Waals surface area contributed by atoms with Gasteiger partial charge >= 0.3 is 0 Å². The van der Waals surface area contributed by atoms with E-state index in [9.17, 15) is 24.8 Å². The molecule has 1 aliphatic rings. The zero-order valence-corrected chi connectivity index (χ0v) is 16.5. The number of likely N-dealkylation sites (tertiary alicyclic amines) is 1. The van der Waals surface area contributed by atoms with Crippen LogP contribution in [0.1, 0.15) is 21.4 Å². The molecule has 1 aromatic carbocycles. The molecule has 2 aromatic heterocycles. The quantitative estimate of drug-likeness (QED) is 0.215. The first-order chi connectivity index (χ1) is 14.0. The standard InChI is InChI=1S/C20H14N2O5S2/c23-18(12-5-7-13(8-6-12)22(26)27)16-17(15-4-2-10-29-15)21(20(25)19(16)24)11-14-3-1-9-28-14/h1-10,17,23H,11H2/b18-16-. The summed E-state index contributed by atoms with van der Waals surface area (Å²) in [5.74, 6) is -1.79. The monoisotopic (exact) mass is 426 g/mol. The smallest absolute Gasteiger partial charge is 0.296 e. The maximum absolute atomic E-state index is 12.8. The molecule has 1 atom stereocenters. The Labute approximate surface area is 173 Å². The number of non-ortho nitro benzene ring substituents is 1. The molecule has 0 bridgehead atoms. The van der Waals surface area contributed by atoms with Crippen molar-refractivity contribution in [3.63, 3.8) is 0 Å². The number of amides is 1. The molecule has 7 nitrogen and oxygen atoms in total. The molecule has 1 amide bonds. The van der Waals surface area contributed by atoms with E-state index in [1.807, 2.05) is 35.0 Å². The van der Waals surface area contributed by atoms with Gasteiger partial charge in [-0.15, -0.1) is 22.7 Å². The van der Waals surface area contributed by atoms with Gasteiger partial charge in [0.25, 0.3) is 17.4 Å². The van der Waals surface area contributed by atoms with Gasteiger partial charge in [-0.05, 0) is 35.0 Å². The zero-order valence-electron chi connectivity index (χ0n) is 14.8. The number of benzene rings is 1. The fraction of sp³-hybridized carbons (Fsp3) is 0.100. The van der Waals surface area contributed by atoms with Crippen molar-refractivity contribution in [2.45, 2.75) is 12.6 Å². The van der Waals surface area contributed by atoms with Crippen LogP contribution in [0.4, 0.5) is 5.69 Å². The summed E-state index contributed by atoms with van der Waals surface area (Å²) < 4.78 is 0. The normalized spacial score (nSPS) is 18.3. The minimum atomic E-state index is -0.768. The van der Waals surface area contributed by atoms with Gasteiger partial charge in [0, 0.05) is 27.5 Å². The van der Waals surface area contributed by atoms with E-state index in [4.69, 9.17) is 0 Å². The van der Waals surface area contributed by atoms with Gasteiger partial charge in [-0.1, -0.05) is 12.1 Å². The number of hydrogen-bond donors (Lipinski definition) is 1. The molecule has 1 N–H and O–H groups in total. The lowest BCUT2D eigenvalue weighted by Crippen LogP contribution is -2.28. The minimum Gasteiger partial charge on any atom is -0.507 e. The number of nitrogens with zero attached hydrogens (tertiary/aromatic N) is 2. The summed E-state index contributed by atoms with van der Waals surface area (Å²) in [6, 6.07) is 11.9. The van der Waals surface area contributed by atoms with Gasteiger partial charge < -0.3 is 10.0 Å². The molecule has 9 heteroatoms. The Morgan fingerprint density at radius 1 is 1.07 bits per heavy atom. The van der Waals surface area contributed by atoms with Crippen LogP contribution >= 0.6 is 22.7 Å². The number of carbonyl (C=O) groups excluding carboxylic acids is 2. The number of Topliss-reactive ketones (excluding diaryl/α,β-unsaturated/α-hetero) is 1. The largest absolute Gasteiger partial charge is 0.507 e. The molecule has 3 heterocycles. The maximum atomic E-state index is 12.8. The molecule has 4 rings (SSSR count). The highest BCUT2D eigenvalue weighted by Gasteiger charge is 2.46. The van der Waals surface area contributed by atoms with E-state index in [-0.39, 0.29) is 29.1 Å². The Bertz CT molecular complexity index is 1100. The van der Waals surface area contributed by atoms with Crippen molar-refractivity contribution in [2.75, 3.05) is 0 Å².